The van der Waals surface area contributed by atoms with Gasteiger partial charge in [-0.2, -0.15) is 5.10 Å². The first-order valence-electron chi connectivity index (χ1n) is 7.95. The van der Waals surface area contributed by atoms with Gasteiger partial charge in [-0.3, -0.25) is 14.3 Å². The van der Waals surface area contributed by atoms with E-state index in [9.17, 15) is 14.4 Å². The topological polar surface area (TPSA) is 102 Å². The van der Waals surface area contributed by atoms with Crippen molar-refractivity contribution in [2.24, 2.45) is 0 Å². The minimum absolute atomic E-state index is 0.163. The number of hydrogen-bond donors (Lipinski definition) is 2. The predicted octanol–water partition coefficient (Wildman–Crippen LogP) is 0.350. The van der Waals surface area contributed by atoms with E-state index < -0.39 is 18.5 Å². The maximum absolute atomic E-state index is 11.6. The number of likely N-dealkylation sites (N-methyl/N-ethyl adjacent to an activating group) is 1. The zero-order valence-corrected chi connectivity index (χ0v) is 14.3. The van der Waals surface area contributed by atoms with Gasteiger partial charge in [0.05, 0.1) is 19.3 Å². The van der Waals surface area contributed by atoms with E-state index in [1.165, 1.54) is 13.1 Å². The zero-order chi connectivity index (χ0) is 18.8. The van der Waals surface area contributed by atoms with E-state index in [1.54, 1.807) is 23.2 Å². The van der Waals surface area contributed by atoms with Crippen molar-refractivity contribution in [3.63, 3.8) is 0 Å². The summed E-state index contributed by atoms with van der Waals surface area (Å²) in [6, 6.07) is 9.87. The van der Waals surface area contributed by atoms with Crippen molar-refractivity contribution in [2.75, 3.05) is 20.2 Å². The third-order valence-corrected chi connectivity index (χ3v) is 3.32. The fraction of sp³-hybridized carbons (Fsp3) is 0.222. The Balaban J connectivity index is 1.76. The highest BCUT2D eigenvalue weighted by molar-refractivity contribution is 5.90. The van der Waals surface area contributed by atoms with Crippen LogP contribution >= 0.6 is 0 Å². The molecule has 1 aromatic heterocycles. The van der Waals surface area contributed by atoms with E-state index in [-0.39, 0.29) is 12.5 Å². The van der Waals surface area contributed by atoms with Gasteiger partial charge in [0.15, 0.2) is 6.61 Å². The molecule has 0 aliphatic carbocycles. The highest BCUT2D eigenvalue weighted by atomic mass is 16.5. The standard InChI is InChI=1S/C18H20N4O4/c1-19-16(23)10-20-17(24)13-26-18(25)8-7-15-9-21-22(12-15)11-14-5-3-2-4-6-14/h2-9,12H,10-11,13H2,1H3,(H,19,23)(H,20,24)/b8-7+. The van der Waals surface area contributed by atoms with Crippen LogP contribution in [0.25, 0.3) is 6.08 Å². The van der Waals surface area contributed by atoms with Gasteiger partial charge in [-0.05, 0) is 11.6 Å². The van der Waals surface area contributed by atoms with Crippen molar-refractivity contribution in [1.82, 2.24) is 20.4 Å². The molecule has 8 nitrogen and oxygen atoms in total. The molecule has 2 aromatic rings. The van der Waals surface area contributed by atoms with Crippen LogP contribution in [0.1, 0.15) is 11.1 Å². The largest absolute Gasteiger partial charge is 0.452 e. The molecule has 136 valence electrons. The van der Waals surface area contributed by atoms with Gasteiger partial charge < -0.3 is 15.4 Å². The number of aromatic nitrogens is 2. The van der Waals surface area contributed by atoms with Crippen LogP contribution in [0.15, 0.2) is 48.8 Å². The van der Waals surface area contributed by atoms with E-state index in [0.29, 0.717) is 6.54 Å². The Bertz CT molecular complexity index is 783. The van der Waals surface area contributed by atoms with Gasteiger partial charge in [0, 0.05) is 24.9 Å². The number of nitrogens with one attached hydrogen (secondary N) is 2. The smallest absolute Gasteiger partial charge is 0.331 e. The summed E-state index contributed by atoms with van der Waals surface area (Å²) in [6.45, 7) is 0.0153. The quantitative estimate of drug-likeness (QED) is 0.525. The Morgan fingerprint density at radius 2 is 1.96 bits per heavy atom. The van der Waals surface area contributed by atoms with E-state index in [1.807, 2.05) is 30.3 Å². The molecule has 2 N–H and O–H groups in total. The summed E-state index contributed by atoms with van der Waals surface area (Å²) in [5, 5.41) is 8.91. The lowest BCUT2D eigenvalue weighted by molar-refractivity contribution is -0.143. The van der Waals surface area contributed by atoms with Gasteiger partial charge >= 0.3 is 5.97 Å². The van der Waals surface area contributed by atoms with E-state index >= 15 is 0 Å². The number of nitrogens with zero attached hydrogens (tertiary/aromatic N) is 2. The van der Waals surface area contributed by atoms with E-state index in [2.05, 4.69) is 15.7 Å². The number of esters is 1. The van der Waals surface area contributed by atoms with Gasteiger partial charge in [0.2, 0.25) is 5.91 Å². The second-order valence-electron chi connectivity index (χ2n) is 5.35. The summed E-state index contributed by atoms with van der Waals surface area (Å²) in [7, 11) is 1.46. The number of amides is 2. The third kappa shape index (κ3) is 6.60. The Morgan fingerprint density at radius 1 is 1.19 bits per heavy atom. The van der Waals surface area contributed by atoms with Crippen molar-refractivity contribution >= 4 is 23.9 Å². The molecule has 0 spiro atoms. The summed E-state index contributed by atoms with van der Waals surface area (Å²) in [6.07, 6.45) is 6.20. The number of rotatable bonds is 8. The van der Waals surface area contributed by atoms with Crippen LogP contribution in [0.3, 0.4) is 0 Å². The van der Waals surface area contributed by atoms with Crippen LogP contribution in [0.4, 0.5) is 0 Å². The van der Waals surface area contributed by atoms with Crippen LogP contribution in [0.5, 0.6) is 0 Å². The number of hydrogen-bond acceptors (Lipinski definition) is 5. The minimum atomic E-state index is -0.657. The van der Waals surface area contributed by atoms with Gasteiger partial charge in [-0.15, -0.1) is 0 Å². The van der Waals surface area contributed by atoms with Gasteiger partial charge in [-0.25, -0.2) is 4.79 Å². The number of ether oxygens (including phenoxy) is 1. The molecule has 2 rings (SSSR count). The van der Waals surface area contributed by atoms with Gasteiger partial charge in [0.1, 0.15) is 0 Å². The Morgan fingerprint density at radius 3 is 2.69 bits per heavy atom. The molecule has 0 fully saturated rings. The molecule has 0 aliphatic rings. The summed E-state index contributed by atoms with van der Waals surface area (Å²) in [5.74, 6) is -1.54. The SMILES string of the molecule is CNC(=O)CNC(=O)COC(=O)/C=C/c1cnn(Cc2ccccc2)c1. The lowest BCUT2D eigenvalue weighted by atomic mass is 10.2. The van der Waals surface area contributed by atoms with Crippen molar-refractivity contribution in [2.45, 2.75) is 6.54 Å². The first-order chi connectivity index (χ1) is 12.6. The van der Waals surface area contributed by atoms with Crippen molar-refractivity contribution in [3.05, 3.63) is 59.9 Å². The molecule has 0 radical (unpaired) electrons. The second kappa shape index (κ2) is 9.77. The monoisotopic (exact) mass is 356 g/mol. The number of carbonyl (C=O) groups is 3. The highest BCUT2D eigenvalue weighted by Gasteiger charge is 2.06. The Kier molecular flexibility index (Phi) is 7.11. The summed E-state index contributed by atoms with van der Waals surface area (Å²) < 4.78 is 6.55. The average Bonchev–Trinajstić information content (AvgIpc) is 3.10. The van der Waals surface area contributed by atoms with Crippen molar-refractivity contribution in [1.29, 1.82) is 0 Å². The van der Waals surface area contributed by atoms with Gasteiger partial charge in [-0.1, -0.05) is 30.3 Å². The van der Waals surface area contributed by atoms with Gasteiger partial charge in [0.25, 0.3) is 5.91 Å². The molecule has 0 bridgehead atoms. The summed E-state index contributed by atoms with van der Waals surface area (Å²) in [4.78, 5) is 34.0. The van der Waals surface area contributed by atoms with Crippen LogP contribution in [0, 0.1) is 0 Å². The molecule has 0 aliphatic heterocycles. The highest BCUT2D eigenvalue weighted by Crippen LogP contribution is 2.05. The zero-order valence-electron chi connectivity index (χ0n) is 14.3. The summed E-state index contributed by atoms with van der Waals surface area (Å²) >= 11 is 0. The Labute approximate surface area is 150 Å². The lowest BCUT2D eigenvalue weighted by Crippen LogP contribution is -2.37. The van der Waals surface area contributed by atoms with Crippen LogP contribution < -0.4 is 10.6 Å². The molecule has 0 saturated carbocycles. The first kappa shape index (κ1) is 18.9. The predicted molar refractivity (Wildman–Crippen MR) is 94.8 cm³/mol. The minimum Gasteiger partial charge on any atom is -0.452 e. The fourth-order valence-corrected chi connectivity index (χ4v) is 1.99. The maximum Gasteiger partial charge on any atom is 0.331 e. The fourth-order valence-electron chi connectivity index (χ4n) is 1.99. The molecule has 0 saturated heterocycles. The van der Waals surface area contributed by atoms with Crippen LogP contribution in [-0.2, 0) is 25.7 Å². The normalized spacial score (nSPS) is 10.5. The molecule has 1 aromatic carbocycles. The second-order valence-corrected chi connectivity index (χ2v) is 5.35. The van der Waals surface area contributed by atoms with Crippen molar-refractivity contribution < 1.29 is 19.1 Å². The molecule has 1 heterocycles. The van der Waals surface area contributed by atoms with E-state index in [0.717, 1.165) is 11.1 Å². The summed E-state index contributed by atoms with van der Waals surface area (Å²) in [5.41, 5.74) is 1.86. The first-order valence-corrected chi connectivity index (χ1v) is 7.95. The maximum atomic E-state index is 11.6. The molecule has 8 heteroatoms. The number of benzene rings is 1. The molecule has 0 unspecified atom stereocenters. The number of carbonyl (C=O) groups excluding carboxylic acids is 3. The molecular formula is C18H20N4O4. The van der Waals surface area contributed by atoms with Crippen LogP contribution in [-0.4, -0.2) is 47.8 Å². The molecule has 2 amide bonds. The Hall–Kier alpha value is -3.42. The lowest BCUT2D eigenvalue weighted by Gasteiger charge is -2.04. The van der Waals surface area contributed by atoms with Crippen LogP contribution in [0.2, 0.25) is 0 Å². The van der Waals surface area contributed by atoms with E-state index in [4.69, 9.17) is 4.74 Å². The molecular weight excluding hydrogens is 336 g/mol. The van der Waals surface area contributed by atoms with Crippen molar-refractivity contribution in [3.8, 4) is 0 Å². The average molecular weight is 356 g/mol. The molecule has 0 atom stereocenters. The third-order valence-electron chi connectivity index (χ3n) is 3.32. The molecule has 26 heavy (non-hydrogen) atoms.